The number of aliphatic hydroxyl groups excluding tert-OH is 1. The smallest absolute Gasteiger partial charge is 0.173 e. The van der Waals surface area contributed by atoms with E-state index in [1.54, 1.807) is 7.11 Å². The van der Waals surface area contributed by atoms with Gasteiger partial charge in [-0.3, -0.25) is 0 Å². The van der Waals surface area contributed by atoms with Crippen molar-refractivity contribution in [3.63, 3.8) is 0 Å². The minimum Gasteiger partial charge on any atom is -0.390 e. The second kappa shape index (κ2) is 7.03. The molecule has 3 rings (SSSR count). The zero-order chi connectivity index (χ0) is 17.2. The fourth-order valence-corrected chi connectivity index (χ4v) is 3.33. The molecule has 2 aromatic carbocycles. The molecule has 0 radical (unpaired) electrons. The predicted octanol–water partition coefficient (Wildman–Crippen LogP) is 2.91. The van der Waals surface area contributed by atoms with Gasteiger partial charge in [0.1, 0.15) is 5.60 Å². The minimum atomic E-state index is -0.788. The largest absolute Gasteiger partial charge is 0.390 e. The van der Waals surface area contributed by atoms with E-state index in [2.05, 4.69) is 29.6 Å². The lowest BCUT2D eigenvalue weighted by Crippen LogP contribution is -2.57. The van der Waals surface area contributed by atoms with Gasteiger partial charge >= 0.3 is 0 Å². The molecule has 128 valence electrons. The summed E-state index contributed by atoms with van der Waals surface area (Å²) >= 11 is 0. The van der Waals surface area contributed by atoms with Crippen molar-refractivity contribution in [2.24, 2.45) is 0 Å². The molecular weight excluding hydrogens is 302 g/mol. The Morgan fingerprint density at radius 1 is 1.08 bits per heavy atom. The van der Waals surface area contributed by atoms with Gasteiger partial charge in [-0.1, -0.05) is 54.6 Å². The van der Waals surface area contributed by atoms with Crippen LogP contribution >= 0.6 is 0 Å². The van der Waals surface area contributed by atoms with Crippen LogP contribution in [0.2, 0.25) is 0 Å². The molecular formula is C20H25NO3. The highest BCUT2D eigenvalue weighted by Crippen LogP contribution is 2.38. The first-order valence-electron chi connectivity index (χ1n) is 8.30. The van der Waals surface area contributed by atoms with Crippen molar-refractivity contribution in [1.29, 1.82) is 0 Å². The summed E-state index contributed by atoms with van der Waals surface area (Å²) in [4.78, 5) is 0. The summed E-state index contributed by atoms with van der Waals surface area (Å²) in [5, 5.41) is 13.8. The van der Waals surface area contributed by atoms with Gasteiger partial charge in [0.15, 0.2) is 6.29 Å². The first kappa shape index (κ1) is 17.1. The van der Waals surface area contributed by atoms with E-state index >= 15 is 0 Å². The Balaban J connectivity index is 1.87. The molecule has 4 heteroatoms. The van der Waals surface area contributed by atoms with E-state index in [0.29, 0.717) is 6.42 Å². The number of ether oxygens (including phenoxy) is 2. The van der Waals surface area contributed by atoms with Gasteiger partial charge in [-0.15, -0.1) is 0 Å². The maximum absolute atomic E-state index is 10.7. The van der Waals surface area contributed by atoms with E-state index in [1.165, 1.54) is 5.56 Å². The maximum Gasteiger partial charge on any atom is 0.173 e. The van der Waals surface area contributed by atoms with E-state index in [1.807, 2.05) is 44.3 Å². The average Bonchev–Trinajstić information content (AvgIpc) is 2.64. The first-order chi connectivity index (χ1) is 11.6. The summed E-state index contributed by atoms with van der Waals surface area (Å²) in [5.74, 6) is 0. The van der Waals surface area contributed by atoms with Crippen LogP contribution in [-0.2, 0) is 15.1 Å². The van der Waals surface area contributed by atoms with Crippen molar-refractivity contribution >= 4 is 0 Å². The molecule has 1 aliphatic rings. The van der Waals surface area contributed by atoms with Crippen molar-refractivity contribution < 1.29 is 14.6 Å². The normalized spacial score (nSPS) is 30.2. The van der Waals surface area contributed by atoms with Crippen LogP contribution in [0.3, 0.4) is 0 Å². The molecule has 4 nitrogen and oxygen atoms in total. The predicted molar refractivity (Wildman–Crippen MR) is 94.6 cm³/mol. The van der Waals surface area contributed by atoms with Gasteiger partial charge in [0, 0.05) is 7.11 Å². The molecule has 0 aliphatic carbocycles. The number of nitrogens with one attached hydrogen (secondary N) is 1. The topological polar surface area (TPSA) is 50.7 Å². The average molecular weight is 327 g/mol. The second-order valence-corrected chi connectivity index (χ2v) is 6.42. The van der Waals surface area contributed by atoms with Gasteiger partial charge in [-0.25, -0.2) is 0 Å². The van der Waals surface area contributed by atoms with Crippen LogP contribution in [0.4, 0.5) is 0 Å². The zero-order valence-corrected chi connectivity index (χ0v) is 14.4. The minimum absolute atomic E-state index is 0.0262. The van der Waals surface area contributed by atoms with Crippen LogP contribution in [0.25, 0.3) is 11.1 Å². The summed E-state index contributed by atoms with van der Waals surface area (Å²) in [6, 6.07) is 18.4. The summed E-state index contributed by atoms with van der Waals surface area (Å²) < 4.78 is 11.6. The highest BCUT2D eigenvalue weighted by atomic mass is 16.7. The quantitative estimate of drug-likeness (QED) is 0.906. The number of benzene rings is 2. The number of hydrogen-bond donors (Lipinski definition) is 2. The van der Waals surface area contributed by atoms with Crippen LogP contribution < -0.4 is 5.32 Å². The standard InChI is InChI=1S/C20H25NO3/c1-20(18(22)13-17(21-2)19(23-3)24-20)16-11-9-15(10-12-16)14-7-5-4-6-8-14/h4-12,17-19,21-22H,13H2,1-3H3. The molecule has 4 atom stereocenters. The molecule has 0 amide bonds. The molecule has 1 heterocycles. The molecule has 0 spiro atoms. The third kappa shape index (κ3) is 3.10. The van der Waals surface area contributed by atoms with Gasteiger partial charge in [-0.05, 0) is 37.1 Å². The summed E-state index contributed by atoms with van der Waals surface area (Å²) in [6.45, 7) is 1.92. The fourth-order valence-electron chi connectivity index (χ4n) is 3.33. The number of aliphatic hydroxyl groups is 1. The molecule has 1 aliphatic heterocycles. The van der Waals surface area contributed by atoms with Gasteiger partial charge in [-0.2, -0.15) is 0 Å². The fraction of sp³-hybridized carbons (Fsp3) is 0.400. The molecule has 2 aromatic rings. The highest BCUT2D eigenvalue weighted by molar-refractivity contribution is 5.63. The van der Waals surface area contributed by atoms with Crippen molar-refractivity contribution in [3.8, 4) is 11.1 Å². The first-order valence-corrected chi connectivity index (χ1v) is 8.30. The molecule has 2 N–H and O–H groups in total. The van der Waals surface area contributed by atoms with Gasteiger partial charge in [0.05, 0.1) is 12.1 Å². The van der Waals surface area contributed by atoms with Crippen molar-refractivity contribution in [2.75, 3.05) is 14.2 Å². The van der Waals surface area contributed by atoms with E-state index in [4.69, 9.17) is 9.47 Å². The summed E-state index contributed by atoms with van der Waals surface area (Å²) in [6.07, 6.45) is -0.424. The molecule has 1 saturated heterocycles. The Kier molecular flexibility index (Phi) is 5.01. The van der Waals surface area contributed by atoms with Crippen LogP contribution in [0.5, 0.6) is 0 Å². The lowest BCUT2D eigenvalue weighted by atomic mass is 9.83. The van der Waals surface area contributed by atoms with Crippen LogP contribution in [-0.4, -0.2) is 37.7 Å². The van der Waals surface area contributed by atoms with Crippen LogP contribution in [0, 0.1) is 0 Å². The number of rotatable bonds is 4. The van der Waals surface area contributed by atoms with Crippen molar-refractivity contribution in [2.45, 2.75) is 37.4 Å². The highest BCUT2D eigenvalue weighted by Gasteiger charge is 2.46. The van der Waals surface area contributed by atoms with E-state index in [9.17, 15) is 5.11 Å². The Morgan fingerprint density at radius 3 is 2.29 bits per heavy atom. The SMILES string of the molecule is CNC1CC(O)C(C)(c2ccc(-c3ccccc3)cc2)OC1OC. The molecule has 0 bridgehead atoms. The van der Waals surface area contributed by atoms with E-state index in [-0.39, 0.29) is 6.04 Å². The lowest BCUT2D eigenvalue weighted by molar-refractivity contribution is -0.271. The summed E-state index contributed by atoms with van der Waals surface area (Å²) in [5.41, 5.74) is 2.48. The number of likely N-dealkylation sites (N-methyl/N-ethyl adjacent to an activating group) is 1. The van der Waals surface area contributed by atoms with E-state index in [0.717, 1.165) is 11.1 Å². The molecule has 1 fully saturated rings. The Morgan fingerprint density at radius 2 is 1.71 bits per heavy atom. The van der Waals surface area contributed by atoms with E-state index < -0.39 is 18.0 Å². The lowest BCUT2D eigenvalue weighted by Gasteiger charge is -2.45. The Hall–Kier alpha value is -1.72. The molecule has 4 unspecified atom stereocenters. The molecule has 24 heavy (non-hydrogen) atoms. The molecule has 0 aromatic heterocycles. The summed E-state index contributed by atoms with van der Waals surface area (Å²) in [7, 11) is 3.48. The number of methoxy groups -OCH3 is 1. The van der Waals surface area contributed by atoms with Gasteiger partial charge in [0.2, 0.25) is 0 Å². The van der Waals surface area contributed by atoms with Crippen LogP contribution in [0.1, 0.15) is 18.9 Å². The second-order valence-electron chi connectivity index (χ2n) is 6.42. The third-order valence-electron chi connectivity index (χ3n) is 4.97. The van der Waals surface area contributed by atoms with Crippen molar-refractivity contribution in [3.05, 3.63) is 60.2 Å². The van der Waals surface area contributed by atoms with Crippen molar-refractivity contribution in [1.82, 2.24) is 5.32 Å². The third-order valence-corrected chi connectivity index (χ3v) is 4.97. The Labute approximate surface area is 143 Å². The molecule has 0 saturated carbocycles. The van der Waals surface area contributed by atoms with Gasteiger partial charge in [0.25, 0.3) is 0 Å². The zero-order valence-electron chi connectivity index (χ0n) is 14.4. The van der Waals surface area contributed by atoms with Gasteiger partial charge < -0.3 is 19.9 Å². The van der Waals surface area contributed by atoms with Crippen LogP contribution in [0.15, 0.2) is 54.6 Å². The maximum atomic E-state index is 10.7. The monoisotopic (exact) mass is 327 g/mol. The number of hydrogen-bond acceptors (Lipinski definition) is 4. The Bertz CT molecular complexity index is 658.